The summed E-state index contributed by atoms with van der Waals surface area (Å²) in [4.78, 5) is 26.5. The molecule has 0 saturated heterocycles. The van der Waals surface area contributed by atoms with Crippen molar-refractivity contribution in [1.82, 2.24) is 10.2 Å². The summed E-state index contributed by atoms with van der Waals surface area (Å²) in [6.07, 6.45) is 0.351. The van der Waals surface area contributed by atoms with Gasteiger partial charge in [0, 0.05) is 20.0 Å². The molecule has 0 heterocycles. The van der Waals surface area contributed by atoms with Crippen LogP contribution in [-0.2, 0) is 16.1 Å². The Labute approximate surface area is 171 Å². The normalized spacial score (nSPS) is 12.2. The van der Waals surface area contributed by atoms with Gasteiger partial charge in [-0.3, -0.25) is 9.59 Å². The SMILES string of the molecule is CCOc1cc(CN(C)C(=O)C(NC(=O)CC(C)C)C(C)C)ccc1OC(F)F. The lowest BCUT2D eigenvalue weighted by Crippen LogP contribution is -2.50. The quantitative estimate of drug-likeness (QED) is 0.598. The summed E-state index contributed by atoms with van der Waals surface area (Å²) in [6, 6.07) is 3.94. The average Bonchev–Trinajstić information content (AvgIpc) is 2.60. The first-order valence-corrected chi connectivity index (χ1v) is 9.79. The summed E-state index contributed by atoms with van der Waals surface area (Å²) in [6.45, 7) is 6.93. The first-order chi connectivity index (χ1) is 13.5. The second-order valence-electron chi connectivity index (χ2n) is 7.67. The number of rotatable bonds is 11. The Morgan fingerprint density at radius 1 is 1.14 bits per heavy atom. The van der Waals surface area contributed by atoms with Crippen LogP contribution in [0.5, 0.6) is 11.5 Å². The molecule has 1 aromatic carbocycles. The fraction of sp³-hybridized carbons (Fsp3) is 0.619. The molecule has 0 aliphatic heterocycles. The molecule has 0 bridgehead atoms. The first kappa shape index (κ1) is 24.7. The maximum atomic E-state index is 12.9. The second-order valence-corrected chi connectivity index (χ2v) is 7.67. The summed E-state index contributed by atoms with van der Waals surface area (Å²) in [5, 5.41) is 2.82. The Hall–Kier alpha value is -2.38. The van der Waals surface area contributed by atoms with E-state index in [-0.39, 0.29) is 48.3 Å². The summed E-state index contributed by atoms with van der Waals surface area (Å²) < 4.78 is 34.9. The van der Waals surface area contributed by atoms with Crippen LogP contribution in [0.15, 0.2) is 18.2 Å². The minimum absolute atomic E-state index is 0.0550. The summed E-state index contributed by atoms with van der Waals surface area (Å²) in [5.41, 5.74) is 0.696. The molecule has 164 valence electrons. The number of nitrogens with zero attached hydrogens (tertiary/aromatic N) is 1. The van der Waals surface area contributed by atoms with E-state index in [9.17, 15) is 18.4 Å². The molecule has 0 aliphatic rings. The van der Waals surface area contributed by atoms with E-state index in [1.165, 1.54) is 11.0 Å². The Bertz CT molecular complexity index is 681. The van der Waals surface area contributed by atoms with E-state index in [0.29, 0.717) is 12.0 Å². The third-order valence-corrected chi connectivity index (χ3v) is 4.16. The standard InChI is InChI=1S/C21H32F2N2O4/c1-7-28-17-11-15(8-9-16(17)29-21(22)23)12-25(6)20(27)19(14(4)5)24-18(26)10-13(2)3/h8-9,11,13-14,19,21H,7,10,12H2,1-6H3,(H,24,26). The molecule has 1 unspecified atom stereocenters. The highest BCUT2D eigenvalue weighted by Gasteiger charge is 2.27. The van der Waals surface area contributed by atoms with Gasteiger partial charge in [-0.25, -0.2) is 0 Å². The molecule has 8 heteroatoms. The lowest BCUT2D eigenvalue weighted by atomic mass is 10.0. The summed E-state index contributed by atoms with van der Waals surface area (Å²) in [5.74, 6) is -0.128. The lowest BCUT2D eigenvalue weighted by molar-refractivity contribution is -0.137. The van der Waals surface area contributed by atoms with E-state index in [1.54, 1.807) is 26.1 Å². The molecule has 0 saturated carbocycles. The number of hydrogen-bond donors (Lipinski definition) is 1. The summed E-state index contributed by atoms with van der Waals surface area (Å²) >= 11 is 0. The number of nitrogens with one attached hydrogen (secondary N) is 1. The third-order valence-electron chi connectivity index (χ3n) is 4.16. The monoisotopic (exact) mass is 414 g/mol. The van der Waals surface area contributed by atoms with Crippen LogP contribution < -0.4 is 14.8 Å². The van der Waals surface area contributed by atoms with Gasteiger partial charge in [-0.15, -0.1) is 0 Å². The maximum absolute atomic E-state index is 12.9. The largest absolute Gasteiger partial charge is 0.490 e. The second kappa shape index (κ2) is 11.6. The molecule has 1 rings (SSSR count). The van der Waals surface area contributed by atoms with Gasteiger partial charge in [0.25, 0.3) is 0 Å². The van der Waals surface area contributed by atoms with Gasteiger partial charge < -0.3 is 19.7 Å². The van der Waals surface area contributed by atoms with Crippen LogP contribution in [0.4, 0.5) is 8.78 Å². The molecule has 1 atom stereocenters. The van der Waals surface area contributed by atoms with Crippen LogP contribution >= 0.6 is 0 Å². The average molecular weight is 414 g/mol. The van der Waals surface area contributed by atoms with Crippen molar-refractivity contribution >= 4 is 11.8 Å². The first-order valence-electron chi connectivity index (χ1n) is 9.79. The zero-order chi connectivity index (χ0) is 22.1. The van der Waals surface area contributed by atoms with Crippen molar-refractivity contribution in [3.63, 3.8) is 0 Å². The number of carbonyl (C=O) groups is 2. The van der Waals surface area contributed by atoms with Gasteiger partial charge in [-0.1, -0.05) is 33.8 Å². The lowest BCUT2D eigenvalue weighted by Gasteiger charge is -2.27. The minimum Gasteiger partial charge on any atom is -0.490 e. The molecule has 2 amide bonds. The summed E-state index contributed by atoms with van der Waals surface area (Å²) in [7, 11) is 1.64. The highest BCUT2D eigenvalue weighted by molar-refractivity contribution is 5.87. The van der Waals surface area contributed by atoms with Crippen molar-refractivity contribution in [1.29, 1.82) is 0 Å². The molecule has 1 N–H and O–H groups in total. The van der Waals surface area contributed by atoms with Gasteiger partial charge in [0.15, 0.2) is 11.5 Å². The topological polar surface area (TPSA) is 67.9 Å². The molecule has 29 heavy (non-hydrogen) atoms. The number of hydrogen-bond acceptors (Lipinski definition) is 4. The van der Waals surface area contributed by atoms with Gasteiger partial charge in [0.05, 0.1) is 6.61 Å². The van der Waals surface area contributed by atoms with Gasteiger partial charge in [-0.05, 0) is 36.5 Å². The van der Waals surface area contributed by atoms with Gasteiger partial charge in [0.2, 0.25) is 11.8 Å². The number of benzene rings is 1. The molecule has 0 aliphatic carbocycles. The Balaban J connectivity index is 2.91. The molecule has 0 spiro atoms. The number of ether oxygens (including phenoxy) is 2. The van der Waals surface area contributed by atoms with Crippen molar-refractivity contribution in [2.45, 2.75) is 60.2 Å². The van der Waals surface area contributed by atoms with E-state index in [4.69, 9.17) is 4.74 Å². The highest BCUT2D eigenvalue weighted by Crippen LogP contribution is 2.30. The molecular formula is C21H32F2N2O4. The predicted octanol–water partition coefficient (Wildman–Crippen LogP) is 3.83. The molecule has 1 aromatic rings. The van der Waals surface area contributed by atoms with Crippen molar-refractivity contribution in [2.24, 2.45) is 11.8 Å². The van der Waals surface area contributed by atoms with E-state index < -0.39 is 12.7 Å². The van der Waals surface area contributed by atoms with E-state index in [1.807, 2.05) is 27.7 Å². The van der Waals surface area contributed by atoms with Crippen molar-refractivity contribution < 1.29 is 27.8 Å². The number of halogens is 2. The van der Waals surface area contributed by atoms with Crippen LogP contribution in [0.1, 0.15) is 46.6 Å². The predicted molar refractivity (Wildman–Crippen MR) is 107 cm³/mol. The Kier molecular flexibility index (Phi) is 9.85. The fourth-order valence-electron chi connectivity index (χ4n) is 2.82. The van der Waals surface area contributed by atoms with E-state index in [0.717, 1.165) is 0 Å². The number of amides is 2. The van der Waals surface area contributed by atoms with Crippen molar-refractivity contribution in [3.8, 4) is 11.5 Å². The molecule has 6 nitrogen and oxygen atoms in total. The molecule has 0 fully saturated rings. The molecular weight excluding hydrogens is 382 g/mol. The Morgan fingerprint density at radius 3 is 2.31 bits per heavy atom. The van der Waals surface area contributed by atoms with Crippen LogP contribution in [0.2, 0.25) is 0 Å². The van der Waals surface area contributed by atoms with Crippen molar-refractivity contribution in [2.75, 3.05) is 13.7 Å². The maximum Gasteiger partial charge on any atom is 0.387 e. The van der Waals surface area contributed by atoms with Crippen LogP contribution in [0, 0.1) is 11.8 Å². The van der Waals surface area contributed by atoms with Crippen LogP contribution in [0.3, 0.4) is 0 Å². The molecule has 0 radical (unpaired) electrons. The highest BCUT2D eigenvalue weighted by atomic mass is 19.3. The van der Waals surface area contributed by atoms with Gasteiger partial charge in [0.1, 0.15) is 6.04 Å². The van der Waals surface area contributed by atoms with Gasteiger partial charge >= 0.3 is 6.61 Å². The Morgan fingerprint density at radius 2 is 1.79 bits per heavy atom. The van der Waals surface area contributed by atoms with Crippen molar-refractivity contribution in [3.05, 3.63) is 23.8 Å². The van der Waals surface area contributed by atoms with Crippen LogP contribution in [0.25, 0.3) is 0 Å². The third kappa shape index (κ3) is 8.25. The van der Waals surface area contributed by atoms with Gasteiger partial charge in [-0.2, -0.15) is 8.78 Å². The zero-order valence-corrected chi connectivity index (χ0v) is 18.0. The zero-order valence-electron chi connectivity index (χ0n) is 18.0. The van der Waals surface area contributed by atoms with E-state index >= 15 is 0 Å². The number of likely N-dealkylation sites (N-methyl/N-ethyl adjacent to an activating group) is 1. The fourth-order valence-corrected chi connectivity index (χ4v) is 2.82. The van der Waals surface area contributed by atoms with E-state index in [2.05, 4.69) is 10.1 Å². The molecule has 0 aromatic heterocycles. The number of alkyl halides is 2. The van der Waals surface area contributed by atoms with Crippen LogP contribution in [-0.4, -0.2) is 43.0 Å². The number of carbonyl (C=O) groups excluding carboxylic acids is 2. The smallest absolute Gasteiger partial charge is 0.387 e. The minimum atomic E-state index is -2.95.